The molecule has 0 spiro atoms. The minimum absolute atomic E-state index is 0.135. The molecule has 2 nitrogen and oxygen atoms in total. The molecule has 82 valence electrons. The van der Waals surface area contributed by atoms with Crippen molar-refractivity contribution in [2.24, 2.45) is 11.7 Å². The number of thiophene rings is 1. The van der Waals surface area contributed by atoms with Crippen LogP contribution < -0.4 is 5.73 Å². The molecule has 1 aliphatic carbocycles. The summed E-state index contributed by atoms with van der Waals surface area (Å²) in [6.07, 6.45) is 3.96. The molecule has 1 fully saturated rings. The van der Waals surface area contributed by atoms with Gasteiger partial charge in [0.05, 0.1) is 5.54 Å². The number of hydrogen-bond donors (Lipinski definition) is 1. The van der Waals surface area contributed by atoms with E-state index < -0.39 is 5.54 Å². The first kappa shape index (κ1) is 10.8. The summed E-state index contributed by atoms with van der Waals surface area (Å²) in [5.74, 6) is 0.710. The molecular weight excluding hydrogens is 206 g/mol. The molecule has 0 amide bonds. The van der Waals surface area contributed by atoms with Crippen molar-refractivity contribution in [3.8, 4) is 0 Å². The predicted octanol–water partition coefficient (Wildman–Crippen LogP) is 2.84. The lowest BCUT2D eigenvalue weighted by Gasteiger charge is -2.35. The lowest BCUT2D eigenvalue weighted by molar-refractivity contribution is 0.0820. The fourth-order valence-corrected chi connectivity index (χ4v) is 3.12. The molecule has 3 heteroatoms. The number of ketones is 1. The maximum absolute atomic E-state index is 12.2. The highest BCUT2D eigenvalue weighted by Crippen LogP contribution is 2.33. The Bertz CT molecular complexity index is 347. The van der Waals surface area contributed by atoms with Crippen LogP contribution in [0.1, 0.15) is 43.0 Å². The third kappa shape index (κ3) is 2.13. The Morgan fingerprint density at radius 1 is 1.67 bits per heavy atom. The van der Waals surface area contributed by atoms with Gasteiger partial charge in [-0.05, 0) is 30.2 Å². The van der Waals surface area contributed by atoms with Gasteiger partial charge in [-0.2, -0.15) is 11.3 Å². The summed E-state index contributed by atoms with van der Waals surface area (Å²) >= 11 is 1.56. The normalized spacial score (nSPS) is 31.5. The van der Waals surface area contributed by atoms with Crippen molar-refractivity contribution in [3.63, 3.8) is 0 Å². The quantitative estimate of drug-likeness (QED) is 0.783. The van der Waals surface area contributed by atoms with Crippen LogP contribution >= 0.6 is 11.3 Å². The maximum Gasteiger partial charge on any atom is 0.183 e. The van der Waals surface area contributed by atoms with Crippen LogP contribution in [0, 0.1) is 5.92 Å². The van der Waals surface area contributed by atoms with Crippen LogP contribution in [0.3, 0.4) is 0 Å². The maximum atomic E-state index is 12.2. The fourth-order valence-electron chi connectivity index (χ4n) is 2.48. The Morgan fingerprint density at radius 3 is 3.07 bits per heavy atom. The van der Waals surface area contributed by atoms with Gasteiger partial charge in [-0.15, -0.1) is 0 Å². The number of carbonyl (C=O) groups excluding carboxylic acids is 1. The topological polar surface area (TPSA) is 43.1 Å². The van der Waals surface area contributed by atoms with Crippen LogP contribution in [0.5, 0.6) is 0 Å². The molecule has 1 aliphatic rings. The smallest absolute Gasteiger partial charge is 0.183 e. The second-order valence-corrected chi connectivity index (χ2v) is 5.48. The lowest BCUT2D eigenvalue weighted by atomic mass is 9.73. The largest absolute Gasteiger partial charge is 0.319 e. The molecule has 0 bridgehead atoms. The average Bonchev–Trinajstić information content (AvgIpc) is 2.68. The van der Waals surface area contributed by atoms with E-state index in [1.807, 2.05) is 16.8 Å². The molecular formula is C12H17NOS. The average molecular weight is 223 g/mol. The molecule has 1 aromatic rings. The van der Waals surface area contributed by atoms with Gasteiger partial charge in [0, 0.05) is 10.9 Å². The fraction of sp³-hybridized carbons (Fsp3) is 0.583. The summed E-state index contributed by atoms with van der Waals surface area (Å²) in [5, 5.41) is 3.83. The van der Waals surface area contributed by atoms with E-state index in [1.54, 1.807) is 11.3 Å². The van der Waals surface area contributed by atoms with Gasteiger partial charge in [-0.3, -0.25) is 4.79 Å². The van der Waals surface area contributed by atoms with Crippen molar-refractivity contribution in [2.75, 3.05) is 0 Å². The van der Waals surface area contributed by atoms with Crippen molar-refractivity contribution in [1.29, 1.82) is 0 Å². The van der Waals surface area contributed by atoms with Gasteiger partial charge < -0.3 is 5.73 Å². The van der Waals surface area contributed by atoms with Gasteiger partial charge in [-0.25, -0.2) is 0 Å². The summed E-state index contributed by atoms with van der Waals surface area (Å²) in [6, 6.07) is 1.88. The Hall–Kier alpha value is -0.670. The van der Waals surface area contributed by atoms with E-state index in [0.29, 0.717) is 5.92 Å². The van der Waals surface area contributed by atoms with E-state index in [-0.39, 0.29) is 5.78 Å². The van der Waals surface area contributed by atoms with Gasteiger partial charge in [0.25, 0.3) is 0 Å². The molecule has 0 radical (unpaired) electrons. The van der Waals surface area contributed by atoms with E-state index >= 15 is 0 Å². The van der Waals surface area contributed by atoms with Crippen LogP contribution in [0.25, 0.3) is 0 Å². The van der Waals surface area contributed by atoms with Crippen LogP contribution in [-0.4, -0.2) is 11.3 Å². The van der Waals surface area contributed by atoms with E-state index in [0.717, 1.165) is 24.8 Å². The number of rotatable bonds is 2. The second-order valence-electron chi connectivity index (χ2n) is 4.70. The van der Waals surface area contributed by atoms with Crippen LogP contribution in [0.2, 0.25) is 0 Å². The van der Waals surface area contributed by atoms with Crippen molar-refractivity contribution >= 4 is 17.1 Å². The Kier molecular flexibility index (Phi) is 2.94. The first-order valence-corrected chi connectivity index (χ1v) is 6.42. The predicted molar refractivity (Wildman–Crippen MR) is 63.2 cm³/mol. The van der Waals surface area contributed by atoms with Gasteiger partial charge >= 0.3 is 0 Å². The number of Topliss-reactive ketones (excluding diaryl/α,β-unsaturated/α-hetero) is 1. The Morgan fingerprint density at radius 2 is 2.47 bits per heavy atom. The van der Waals surface area contributed by atoms with Crippen LogP contribution in [-0.2, 0) is 0 Å². The molecule has 2 rings (SSSR count). The van der Waals surface area contributed by atoms with Gasteiger partial charge in [0.1, 0.15) is 0 Å². The van der Waals surface area contributed by atoms with Crippen molar-refractivity contribution in [2.45, 2.75) is 38.1 Å². The molecule has 2 N–H and O–H groups in total. The zero-order valence-electron chi connectivity index (χ0n) is 9.03. The summed E-state index contributed by atoms with van der Waals surface area (Å²) in [7, 11) is 0. The molecule has 0 aromatic carbocycles. The minimum atomic E-state index is -0.598. The van der Waals surface area contributed by atoms with Crippen molar-refractivity contribution < 1.29 is 4.79 Å². The van der Waals surface area contributed by atoms with Gasteiger partial charge in [0.15, 0.2) is 5.78 Å². The van der Waals surface area contributed by atoms with E-state index in [2.05, 4.69) is 6.92 Å². The molecule has 1 aromatic heterocycles. The molecule has 0 aliphatic heterocycles. The molecule has 15 heavy (non-hydrogen) atoms. The molecule has 2 atom stereocenters. The lowest BCUT2D eigenvalue weighted by Crippen LogP contribution is -2.50. The monoisotopic (exact) mass is 223 g/mol. The molecule has 0 saturated heterocycles. The standard InChI is InChI=1S/C12H17NOS/c1-9-3-2-5-12(13,7-9)11(14)10-4-6-15-8-10/h4,6,8-9H,2-3,5,7,13H2,1H3. The first-order chi connectivity index (χ1) is 7.12. The Balaban J connectivity index is 2.18. The number of nitrogens with two attached hydrogens (primary N) is 1. The zero-order valence-corrected chi connectivity index (χ0v) is 9.85. The third-order valence-electron chi connectivity index (χ3n) is 3.27. The van der Waals surface area contributed by atoms with Crippen molar-refractivity contribution in [3.05, 3.63) is 22.4 Å². The van der Waals surface area contributed by atoms with Crippen molar-refractivity contribution in [1.82, 2.24) is 0 Å². The summed E-state index contributed by atoms with van der Waals surface area (Å²) < 4.78 is 0. The zero-order chi connectivity index (χ0) is 10.9. The summed E-state index contributed by atoms with van der Waals surface area (Å²) in [5.41, 5.74) is 6.43. The SMILES string of the molecule is CC1CCCC(N)(C(=O)c2ccsc2)C1. The molecule has 1 heterocycles. The van der Waals surface area contributed by atoms with Crippen LogP contribution in [0.4, 0.5) is 0 Å². The number of carbonyl (C=O) groups is 1. The summed E-state index contributed by atoms with van der Waals surface area (Å²) in [4.78, 5) is 12.2. The van der Waals surface area contributed by atoms with Gasteiger partial charge in [-0.1, -0.05) is 19.8 Å². The highest BCUT2D eigenvalue weighted by Gasteiger charge is 2.38. The second kappa shape index (κ2) is 4.06. The molecule has 2 unspecified atom stereocenters. The van der Waals surface area contributed by atoms with Crippen LogP contribution in [0.15, 0.2) is 16.8 Å². The van der Waals surface area contributed by atoms with E-state index in [9.17, 15) is 4.79 Å². The third-order valence-corrected chi connectivity index (χ3v) is 3.95. The minimum Gasteiger partial charge on any atom is -0.319 e. The van der Waals surface area contributed by atoms with E-state index in [4.69, 9.17) is 5.73 Å². The first-order valence-electron chi connectivity index (χ1n) is 5.48. The highest BCUT2D eigenvalue weighted by atomic mass is 32.1. The van der Waals surface area contributed by atoms with Gasteiger partial charge in [0.2, 0.25) is 0 Å². The Labute approximate surface area is 94.5 Å². The summed E-state index contributed by atoms with van der Waals surface area (Å²) in [6.45, 7) is 2.18. The number of hydrogen-bond acceptors (Lipinski definition) is 3. The highest BCUT2D eigenvalue weighted by molar-refractivity contribution is 7.08. The van der Waals surface area contributed by atoms with E-state index in [1.165, 1.54) is 6.42 Å². The molecule has 1 saturated carbocycles.